The molecule has 284 valence electrons. The van der Waals surface area contributed by atoms with Gasteiger partial charge in [0, 0.05) is 5.92 Å². The van der Waals surface area contributed by atoms with E-state index in [0.29, 0.717) is 11.1 Å². The van der Waals surface area contributed by atoms with Crippen molar-refractivity contribution in [2.24, 2.45) is 23.3 Å². The van der Waals surface area contributed by atoms with Gasteiger partial charge in [0.05, 0.1) is 19.1 Å². The second kappa shape index (κ2) is 20.4. The molecule has 16 nitrogen and oxygen atoms in total. The van der Waals surface area contributed by atoms with Crippen LogP contribution in [0.15, 0.2) is 54.6 Å². The summed E-state index contributed by atoms with van der Waals surface area (Å²) in [5, 5.41) is 24.8. The summed E-state index contributed by atoms with van der Waals surface area (Å²) >= 11 is 0. The minimum Gasteiger partial charge on any atom is -0.508 e. The fraction of sp³-hybridized carbons (Fsp3) is 0.472. The number of carbonyl (C=O) groups is 7. The lowest BCUT2D eigenvalue weighted by Gasteiger charge is -2.30. The van der Waals surface area contributed by atoms with Gasteiger partial charge < -0.3 is 48.5 Å². The van der Waals surface area contributed by atoms with Crippen LogP contribution in [-0.2, 0) is 40.0 Å². The molecule has 0 bridgehead atoms. The molecule has 0 fully saturated rings. The van der Waals surface area contributed by atoms with Crippen LogP contribution in [0.2, 0.25) is 0 Å². The Bertz CT molecular complexity index is 1550. The highest BCUT2D eigenvalue weighted by molar-refractivity contribution is 5.96. The third-order valence-electron chi connectivity index (χ3n) is 8.26. The Morgan fingerprint density at radius 2 is 1.13 bits per heavy atom. The van der Waals surface area contributed by atoms with Crippen molar-refractivity contribution < 1.29 is 38.7 Å². The van der Waals surface area contributed by atoms with E-state index in [2.05, 4.69) is 31.9 Å². The molecule has 0 saturated heterocycles. The van der Waals surface area contributed by atoms with Gasteiger partial charge >= 0.3 is 0 Å². The summed E-state index contributed by atoms with van der Waals surface area (Å²) in [7, 11) is 0. The van der Waals surface area contributed by atoms with Crippen LogP contribution >= 0.6 is 0 Å². The lowest BCUT2D eigenvalue weighted by atomic mass is 9.91. The van der Waals surface area contributed by atoms with Gasteiger partial charge in [-0.25, -0.2) is 0 Å². The first-order chi connectivity index (χ1) is 24.4. The molecular formula is C36H52N8O8. The lowest BCUT2D eigenvalue weighted by molar-refractivity contribution is -0.135. The highest BCUT2D eigenvalue weighted by Crippen LogP contribution is 2.20. The second-order valence-corrected chi connectivity index (χ2v) is 13.3. The standard InChI is InChI=1S/C36H52N8O8/c1-19(2)29(34(50)39-17-27(38)46)43-35(51)30(20(3)4)44-36(52)31(21(5)24-10-8-7-9-11-24)42-28(47)18-40-32(48)22(6)41-33(49)26(37)16-23-12-14-25(45)15-13-23/h7-15,19-22,26,29-31,45H,16-18,37H2,1-6H3,(H2,38,46)(H,39,50)(H,40,48)(H,41,49)(H,42,47)(H,43,51)(H,44,52)/t21-,22+,26-,29-,30-,31-/m0/s1. The number of rotatable bonds is 19. The first-order valence-electron chi connectivity index (χ1n) is 17.0. The van der Waals surface area contributed by atoms with Crippen LogP contribution in [0.25, 0.3) is 0 Å². The molecule has 0 aliphatic carbocycles. The maximum absolute atomic E-state index is 13.8. The first kappa shape index (κ1) is 42.7. The Labute approximate surface area is 303 Å². The van der Waals surface area contributed by atoms with E-state index < -0.39 is 96.5 Å². The van der Waals surface area contributed by atoms with Crippen molar-refractivity contribution in [2.45, 2.75) is 84.1 Å². The van der Waals surface area contributed by atoms with Crippen LogP contribution in [0.3, 0.4) is 0 Å². The molecule has 16 heteroatoms. The van der Waals surface area contributed by atoms with Crippen molar-refractivity contribution in [3.8, 4) is 5.75 Å². The van der Waals surface area contributed by atoms with Crippen molar-refractivity contribution >= 4 is 41.4 Å². The number of amides is 7. The molecule has 2 aromatic carbocycles. The smallest absolute Gasteiger partial charge is 0.243 e. The Balaban J connectivity index is 2.11. The maximum Gasteiger partial charge on any atom is 0.243 e. The molecule has 0 saturated carbocycles. The zero-order valence-electron chi connectivity index (χ0n) is 30.4. The van der Waals surface area contributed by atoms with Gasteiger partial charge in [-0.3, -0.25) is 33.6 Å². The normalized spacial score (nSPS) is 14.5. The fourth-order valence-corrected chi connectivity index (χ4v) is 5.12. The Kier molecular flexibility index (Phi) is 16.7. The molecule has 0 heterocycles. The van der Waals surface area contributed by atoms with E-state index in [1.165, 1.54) is 19.1 Å². The molecule has 11 N–H and O–H groups in total. The number of nitrogens with two attached hydrogens (primary N) is 2. The van der Waals surface area contributed by atoms with E-state index in [-0.39, 0.29) is 18.1 Å². The minimum absolute atomic E-state index is 0.0720. The topological polar surface area (TPSA) is 264 Å². The van der Waals surface area contributed by atoms with E-state index in [9.17, 15) is 38.7 Å². The van der Waals surface area contributed by atoms with E-state index in [4.69, 9.17) is 11.5 Å². The molecule has 0 aromatic heterocycles. The largest absolute Gasteiger partial charge is 0.508 e. The molecule has 6 atom stereocenters. The number of phenolic OH excluding ortho intramolecular Hbond substituents is 1. The molecule has 7 amide bonds. The fourth-order valence-electron chi connectivity index (χ4n) is 5.12. The van der Waals surface area contributed by atoms with Gasteiger partial charge in [0.25, 0.3) is 0 Å². The van der Waals surface area contributed by atoms with Gasteiger partial charge in [-0.2, -0.15) is 0 Å². The molecule has 2 rings (SSSR count). The Morgan fingerprint density at radius 1 is 0.615 bits per heavy atom. The molecular weight excluding hydrogens is 672 g/mol. The highest BCUT2D eigenvalue weighted by atomic mass is 16.3. The zero-order valence-corrected chi connectivity index (χ0v) is 30.4. The molecule has 0 spiro atoms. The van der Waals surface area contributed by atoms with Crippen molar-refractivity contribution in [3.05, 3.63) is 65.7 Å². The quantitative estimate of drug-likeness (QED) is 0.0864. The van der Waals surface area contributed by atoms with Crippen LogP contribution in [0, 0.1) is 11.8 Å². The predicted octanol–water partition coefficient (Wildman–Crippen LogP) is -0.945. The third kappa shape index (κ3) is 13.7. The van der Waals surface area contributed by atoms with E-state index >= 15 is 0 Å². The van der Waals surface area contributed by atoms with Gasteiger partial charge in [0.1, 0.15) is 29.9 Å². The summed E-state index contributed by atoms with van der Waals surface area (Å²) in [5.41, 5.74) is 12.5. The molecule has 0 unspecified atom stereocenters. The number of hydrogen-bond acceptors (Lipinski definition) is 9. The SMILES string of the molecule is CC(C)[C@H](NC(=O)[C@@H](NC(=O)[C@@H](NC(=O)CNC(=O)[C@@H](C)NC(=O)[C@@H](N)Cc1ccc(O)cc1)[C@@H](C)c1ccccc1)C(C)C)C(=O)NCC(N)=O. The number of benzene rings is 2. The van der Waals surface area contributed by atoms with Gasteiger partial charge in [0.2, 0.25) is 41.4 Å². The number of nitrogens with one attached hydrogen (secondary N) is 6. The lowest BCUT2D eigenvalue weighted by Crippen LogP contribution is -2.60. The van der Waals surface area contributed by atoms with Crippen LogP contribution in [0.4, 0.5) is 0 Å². The Hall–Kier alpha value is -5.51. The second-order valence-electron chi connectivity index (χ2n) is 13.3. The summed E-state index contributed by atoms with van der Waals surface area (Å²) in [5.74, 6) is -6.03. The monoisotopic (exact) mass is 724 g/mol. The predicted molar refractivity (Wildman–Crippen MR) is 193 cm³/mol. The molecule has 0 aliphatic heterocycles. The van der Waals surface area contributed by atoms with Crippen LogP contribution < -0.4 is 43.4 Å². The summed E-state index contributed by atoms with van der Waals surface area (Å²) < 4.78 is 0. The summed E-state index contributed by atoms with van der Waals surface area (Å²) in [4.78, 5) is 89.7. The summed E-state index contributed by atoms with van der Waals surface area (Å²) in [6, 6.07) is 9.71. The van der Waals surface area contributed by atoms with E-state index in [1.54, 1.807) is 77.1 Å². The number of hydrogen-bond donors (Lipinski definition) is 9. The highest BCUT2D eigenvalue weighted by Gasteiger charge is 2.35. The molecule has 2 aromatic rings. The Morgan fingerprint density at radius 3 is 1.67 bits per heavy atom. The van der Waals surface area contributed by atoms with E-state index in [1.807, 2.05) is 0 Å². The van der Waals surface area contributed by atoms with Crippen LogP contribution in [0.5, 0.6) is 5.75 Å². The van der Waals surface area contributed by atoms with Crippen molar-refractivity contribution in [1.29, 1.82) is 0 Å². The van der Waals surface area contributed by atoms with Gasteiger partial charge in [-0.05, 0) is 48.4 Å². The minimum atomic E-state index is -1.20. The average molecular weight is 725 g/mol. The van der Waals surface area contributed by atoms with Gasteiger partial charge in [-0.15, -0.1) is 0 Å². The molecule has 52 heavy (non-hydrogen) atoms. The van der Waals surface area contributed by atoms with Gasteiger partial charge in [-0.1, -0.05) is 77.1 Å². The third-order valence-corrected chi connectivity index (χ3v) is 8.26. The molecule has 0 aliphatic rings. The van der Waals surface area contributed by atoms with Crippen LogP contribution in [0.1, 0.15) is 58.6 Å². The van der Waals surface area contributed by atoms with E-state index in [0.717, 1.165) is 0 Å². The van der Waals surface area contributed by atoms with Crippen LogP contribution in [-0.4, -0.2) is 89.8 Å². The number of phenols is 1. The maximum atomic E-state index is 13.8. The summed E-state index contributed by atoms with van der Waals surface area (Å²) in [6.45, 7) is 9.01. The summed E-state index contributed by atoms with van der Waals surface area (Å²) in [6.07, 6.45) is 0.163. The average Bonchev–Trinajstić information content (AvgIpc) is 3.10. The molecule has 0 radical (unpaired) electrons. The van der Waals surface area contributed by atoms with Crippen molar-refractivity contribution in [1.82, 2.24) is 31.9 Å². The van der Waals surface area contributed by atoms with Crippen molar-refractivity contribution in [3.63, 3.8) is 0 Å². The first-order valence-corrected chi connectivity index (χ1v) is 17.0. The number of carbonyl (C=O) groups excluding carboxylic acids is 7. The zero-order chi connectivity index (χ0) is 39.1. The number of primary amides is 1. The van der Waals surface area contributed by atoms with Gasteiger partial charge in [0.15, 0.2) is 0 Å². The van der Waals surface area contributed by atoms with Crippen molar-refractivity contribution in [2.75, 3.05) is 13.1 Å². The number of aromatic hydroxyl groups is 1.